The number of anilines is 2. The Morgan fingerprint density at radius 1 is 1.12 bits per heavy atom. The smallest absolute Gasteiger partial charge is 0.246 e. The highest BCUT2D eigenvalue weighted by Crippen LogP contribution is 2.32. The number of benzene rings is 2. The van der Waals surface area contributed by atoms with Crippen LogP contribution in [0.1, 0.15) is 42.4 Å². The van der Waals surface area contributed by atoms with E-state index in [1.165, 1.54) is 12.1 Å². The van der Waals surface area contributed by atoms with Crippen LogP contribution in [-0.2, 0) is 17.8 Å². The first-order chi connectivity index (χ1) is 15.3. The fourth-order valence-corrected chi connectivity index (χ4v) is 3.73. The Kier molecular flexibility index (Phi) is 6.08. The van der Waals surface area contributed by atoms with Crippen LogP contribution in [0.3, 0.4) is 0 Å². The molecule has 6 nitrogen and oxygen atoms in total. The summed E-state index contributed by atoms with van der Waals surface area (Å²) in [6.45, 7) is 6.28. The zero-order valence-electron chi connectivity index (χ0n) is 18.7. The number of carbonyl (C=O) groups excluding carboxylic acids is 1. The van der Waals surface area contributed by atoms with Gasteiger partial charge in [-0.15, -0.1) is 0 Å². The minimum absolute atomic E-state index is 0.0467. The number of fused-ring (bicyclic) bond motifs is 1. The summed E-state index contributed by atoms with van der Waals surface area (Å²) >= 11 is 0. The van der Waals surface area contributed by atoms with E-state index in [9.17, 15) is 9.18 Å². The molecule has 1 amide bonds. The minimum atomic E-state index is -0.274. The summed E-state index contributed by atoms with van der Waals surface area (Å²) in [6, 6.07) is 14.0. The van der Waals surface area contributed by atoms with E-state index in [1.54, 1.807) is 12.1 Å². The van der Waals surface area contributed by atoms with Crippen LogP contribution < -0.4 is 15.0 Å². The standard InChI is InChI=1S/C25H27FN4O2/c1-15(13-22-27-16(2)23-24(28-22)30(4)17(3)25(31)29-23)19-7-11-21(12-8-19)32-14-18-5-9-20(26)10-6-18/h5-12,15,17H,13-14H2,1-4H3,(H,29,31)/t15?,17-/m0/s1. The van der Waals surface area contributed by atoms with E-state index < -0.39 is 0 Å². The highest BCUT2D eigenvalue weighted by Gasteiger charge is 2.30. The Morgan fingerprint density at radius 2 is 1.81 bits per heavy atom. The van der Waals surface area contributed by atoms with Crippen molar-refractivity contribution in [3.63, 3.8) is 0 Å². The molecule has 0 radical (unpaired) electrons. The van der Waals surface area contributed by atoms with E-state index in [2.05, 4.69) is 17.2 Å². The van der Waals surface area contributed by atoms with Crippen molar-refractivity contribution in [1.29, 1.82) is 0 Å². The lowest BCUT2D eigenvalue weighted by Gasteiger charge is -2.32. The van der Waals surface area contributed by atoms with Gasteiger partial charge in [-0.2, -0.15) is 0 Å². The molecule has 1 aliphatic rings. The normalized spacial score (nSPS) is 16.3. The number of nitrogens with zero attached hydrogens (tertiary/aromatic N) is 3. The van der Waals surface area contributed by atoms with Crippen LogP contribution in [0.25, 0.3) is 0 Å². The summed E-state index contributed by atoms with van der Waals surface area (Å²) in [6.07, 6.45) is 0.681. The molecule has 0 fully saturated rings. The molecule has 0 bridgehead atoms. The number of aromatic nitrogens is 2. The van der Waals surface area contributed by atoms with Gasteiger partial charge in [0, 0.05) is 13.5 Å². The second-order valence-electron chi connectivity index (χ2n) is 8.29. The molecular weight excluding hydrogens is 407 g/mol. The van der Waals surface area contributed by atoms with Gasteiger partial charge >= 0.3 is 0 Å². The number of rotatable bonds is 6. The van der Waals surface area contributed by atoms with Gasteiger partial charge in [-0.25, -0.2) is 14.4 Å². The highest BCUT2D eigenvalue weighted by atomic mass is 19.1. The van der Waals surface area contributed by atoms with Gasteiger partial charge in [0.25, 0.3) is 0 Å². The predicted molar refractivity (Wildman–Crippen MR) is 123 cm³/mol. The van der Waals surface area contributed by atoms with E-state index >= 15 is 0 Å². The molecule has 0 saturated carbocycles. The third-order valence-electron chi connectivity index (χ3n) is 5.92. The second kappa shape index (κ2) is 8.94. The summed E-state index contributed by atoms with van der Waals surface area (Å²) in [7, 11) is 1.88. The van der Waals surface area contributed by atoms with Gasteiger partial charge in [-0.05, 0) is 55.2 Å². The Bertz CT molecular complexity index is 1120. The Hall–Kier alpha value is -3.48. The van der Waals surface area contributed by atoms with Gasteiger partial charge in [0.15, 0.2) is 5.82 Å². The first-order valence-electron chi connectivity index (χ1n) is 10.7. The molecule has 166 valence electrons. The lowest BCUT2D eigenvalue weighted by atomic mass is 9.97. The van der Waals surface area contributed by atoms with Gasteiger partial charge in [0.2, 0.25) is 5.91 Å². The second-order valence-corrected chi connectivity index (χ2v) is 8.29. The Balaban J connectivity index is 1.43. The third-order valence-corrected chi connectivity index (χ3v) is 5.92. The molecule has 2 aromatic carbocycles. The first-order valence-corrected chi connectivity index (χ1v) is 10.7. The SMILES string of the molecule is Cc1nc(CC(C)c2ccc(OCc3ccc(F)cc3)cc2)nc2c1NC(=O)[C@H](C)N2C. The Labute approximate surface area is 187 Å². The number of amides is 1. The lowest BCUT2D eigenvalue weighted by molar-refractivity contribution is -0.117. The molecule has 1 aliphatic heterocycles. The number of nitrogens with one attached hydrogen (secondary N) is 1. The monoisotopic (exact) mass is 434 g/mol. The maximum absolute atomic E-state index is 13.0. The molecule has 2 heterocycles. The fourth-order valence-electron chi connectivity index (χ4n) is 3.73. The third kappa shape index (κ3) is 4.56. The number of aryl methyl sites for hydroxylation is 1. The lowest BCUT2D eigenvalue weighted by Crippen LogP contribution is -2.45. The van der Waals surface area contributed by atoms with E-state index in [4.69, 9.17) is 9.72 Å². The molecule has 32 heavy (non-hydrogen) atoms. The number of hydrogen-bond donors (Lipinski definition) is 1. The van der Waals surface area contributed by atoms with E-state index in [1.807, 2.05) is 50.1 Å². The zero-order valence-corrected chi connectivity index (χ0v) is 18.7. The van der Waals surface area contributed by atoms with Crippen molar-refractivity contribution < 1.29 is 13.9 Å². The quantitative estimate of drug-likeness (QED) is 0.613. The van der Waals surface area contributed by atoms with E-state index in [-0.39, 0.29) is 23.7 Å². The van der Waals surface area contributed by atoms with E-state index in [0.717, 1.165) is 34.2 Å². The van der Waals surface area contributed by atoms with Gasteiger partial charge in [-0.1, -0.05) is 31.2 Å². The molecule has 3 aromatic rings. The van der Waals surface area contributed by atoms with E-state index in [0.29, 0.717) is 18.7 Å². The van der Waals surface area contributed by atoms with Crippen molar-refractivity contribution in [2.24, 2.45) is 0 Å². The number of hydrogen-bond acceptors (Lipinski definition) is 5. The van der Waals surface area contributed by atoms with Crippen LogP contribution >= 0.6 is 0 Å². The van der Waals surface area contributed by atoms with Crippen LogP contribution in [0.5, 0.6) is 5.75 Å². The molecule has 2 atom stereocenters. The Morgan fingerprint density at radius 3 is 2.50 bits per heavy atom. The average Bonchev–Trinajstić information content (AvgIpc) is 2.78. The summed E-state index contributed by atoms with van der Waals surface area (Å²) in [5, 5.41) is 2.92. The number of likely N-dealkylation sites (N-methyl/N-ethyl adjacent to an activating group) is 1. The summed E-state index contributed by atoms with van der Waals surface area (Å²) in [5.41, 5.74) is 3.54. The van der Waals surface area contributed by atoms with Gasteiger partial charge in [-0.3, -0.25) is 4.79 Å². The van der Waals surface area contributed by atoms with Crippen LogP contribution in [0, 0.1) is 12.7 Å². The van der Waals surface area contributed by atoms with Crippen LogP contribution in [-0.4, -0.2) is 29.0 Å². The summed E-state index contributed by atoms with van der Waals surface area (Å²) < 4.78 is 18.8. The molecule has 7 heteroatoms. The number of carbonyl (C=O) groups is 1. The van der Waals surface area contributed by atoms with Gasteiger partial charge < -0.3 is 15.0 Å². The highest BCUT2D eigenvalue weighted by molar-refractivity contribution is 6.02. The fraction of sp³-hybridized carbons (Fsp3) is 0.320. The maximum Gasteiger partial charge on any atom is 0.246 e. The van der Waals surface area contributed by atoms with Crippen molar-refractivity contribution >= 4 is 17.4 Å². The molecule has 0 aliphatic carbocycles. The summed E-state index contributed by atoms with van der Waals surface area (Å²) in [5.74, 6) is 2.18. The van der Waals surface area contributed by atoms with Crippen LogP contribution in [0.4, 0.5) is 15.9 Å². The van der Waals surface area contributed by atoms with Crippen molar-refractivity contribution in [3.05, 3.63) is 77.0 Å². The molecule has 1 N–H and O–H groups in total. The zero-order chi connectivity index (χ0) is 22.8. The summed E-state index contributed by atoms with van der Waals surface area (Å²) in [4.78, 5) is 23.4. The topological polar surface area (TPSA) is 67.4 Å². The molecular formula is C25H27FN4O2. The number of ether oxygens (including phenoxy) is 1. The van der Waals surface area contributed by atoms with Crippen LogP contribution in [0.2, 0.25) is 0 Å². The average molecular weight is 435 g/mol. The molecule has 0 saturated heterocycles. The largest absolute Gasteiger partial charge is 0.489 e. The molecule has 0 spiro atoms. The van der Waals surface area contributed by atoms with Crippen molar-refractivity contribution in [1.82, 2.24) is 9.97 Å². The van der Waals surface area contributed by atoms with Crippen molar-refractivity contribution in [3.8, 4) is 5.75 Å². The van der Waals surface area contributed by atoms with Gasteiger partial charge in [0.1, 0.15) is 35.7 Å². The number of halogens is 1. The maximum atomic E-state index is 13.0. The van der Waals surface area contributed by atoms with Crippen molar-refractivity contribution in [2.45, 2.75) is 45.8 Å². The first kappa shape index (κ1) is 21.7. The predicted octanol–water partition coefficient (Wildman–Crippen LogP) is 4.63. The molecule has 1 aromatic heterocycles. The minimum Gasteiger partial charge on any atom is -0.489 e. The van der Waals surface area contributed by atoms with Crippen LogP contribution in [0.15, 0.2) is 48.5 Å². The van der Waals surface area contributed by atoms with Gasteiger partial charge in [0.05, 0.1) is 5.69 Å². The molecule has 1 unspecified atom stereocenters. The van der Waals surface area contributed by atoms with Crippen molar-refractivity contribution in [2.75, 3.05) is 17.3 Å². The molecule has 4 rings (SSSR count).